The minimum atomic E-state index is -0.690. The average Bonchev–Trinajstić information content (AvgIpc) is 2.71. The summed E-state index contributed by atoms with van der Waals surface area (Å²) in [6.45, 7) is 3.80. The Kier molecular flexibility index (Phi) is 7.71. The van der Waals surface area contributed by atoms with Crippen LogP contribution in [0.3, 0.4) is 0 Å². The van der Waals surface area contributed by atoms with Crippen molar-refractivity contribution in [3.05, 3.63) is 66.4 Å². The number of carbonyl (C=O) groups is 2. The summed E-state index contributed by atoms with van der Waals surface area (Å²) in [4.78, 5) is 23.7. The quantitative estimate of drug-likeness (QED) is 0.574. The third-order valence-corrected chi connectivity index (χ3v) is 3.60. The molecule has 0 bridgehead atoms. The molecule has 3 N–H and O–H groups in total. The number of carbonyl (C=O) groups excluding carboxylic acids is 2. The van der Waals surface area contributed by atoms with E-state index in [4.69, 9.17) is 14.2 Å². The molecular formula is C20H23N3O5. The van der Waals surface area contributed by atoms with E-state index in [1.165, 1.54) is 0 Å². The third-order valence-electron chi connectivity index (χ3n) is 3.60. The van der Waals surface area contributed by atoms with Crippen LogP contribution < -0.4 is 25.6 Å². The molecule has 0 heterocycles. The zero-order valence-electron chi connectivity index (χ0n) is 15.8. The number of rotatable bonds is 9. The van der Waals surface area contributed by atoms with Crippen molar-refractivity contribution in [2.24, 2.45) is 0 Å². The topological polar surface area (TPSA) is 97.9 Å². The third kappa shape index (κ3) is 6.91. The Morgan fingerprint density at radius 3 is 2.36 bits per heavy atom. The number of hydrogen-bond donors (Lipinski definition) is 3. The summed E-state index contributed by atoms with van der Waals surface area (Å²) in [6.07, 6.45) is -0.721. The number of ether oxygens (including phenoxy) is 3. The number of amides is 2. The lowest BCUT2D eigenvalue weighted by molar-refractivity contribution is -0.115. The molecule has 0 unspecified atom stereocenters. The first-order chi connectivity index (χ1) is 13.5. The number of methoxy groups -OCH3 is 2. The molecule has 2 aromatic rings. The second-order valence-electron chi connectivity index (χ2n) is 5.73. The van der Waals surface area contributed by atoms with E-state index >= 15 is 0 Å². The molecule has 8 nitrogen and oxygen atoms in total. The van der Waals surface area contributed by atoms with Gasteiger partial charge in [-0.05, 0) is 29.8 Å². The van der Waals surface area contributed by atoms with Gasteiger partial charge in [0.05, 0.1) is 20.6 Å². The van der Waals surface area contributed by atoms with E-state index in [0.717, 1.165) is 11.3 Å². The summed E-state index contributed by atoms with van der Waals surface area (Å²) >= 11 is 0. The minimum Gasteiger partial charge on any atom is -0.497 e. The number of anilines is 1. The molecule has 0 saturated heterocycles. The maximum atomic E-state index is 12.0. The number of hydrazine groups is 1. The Hall–Kier alpha value is -3.68. The summed E-state index contributed by atoms with van der Waals surface area (Å²) in [5.41, 5.74) is 6.60. The van der Waals surface area contributed by atoms with Gasteiger partial charge in [-0.2, -0.15) is 0 Å². The molecule has 0 atom stereocenters. The van der Waals surface area contributed by atoms with Crippen molar-refractivity contribution in [3.8, 4) is 11.5 Å². The smallest absolute Gasteiger partial charge is 0.426 e. The van der Waals surface area contributed by atoms with Crippen molar-refractivity contribution in [1.29, 1.82) is 0 Å². The summed E-state index contributed by atoms with van der Waals surface area (Å²) in [7, 11) is 3.13. The van der Waals surface area contributed by atoms with Crippen molar-refractivity contribution in [2.45, 2.75) is 13.0 Å². The lowest BCUT2D eigenvalue weighted by Gasteiger charge is -2.12. The van der Waals surface area contributed by atoms with Gasteiger partial charge >= 0.3 is 6.09 Å². The van der Waals surface area contributed by atoms with Crippen LogP contribution in [0.5, 0.6) is 11.5 Å². The molecule has 0 spiro atoms. The first kappa shape index (κ1) is 20.6. The van der Waals surface area contributed by atoms with Crippen LogP contribution in [0.2, 0.25) is 0 Å². The van der Waals surface area contributed by atoms with Gasteiger partial charge in [0.25, 0.3) is 0 Å². The Morgan fingerprint density at radius 2 is 1.68 bits per heavy atom. The predicted molar refractivity (Wildman–Crippen MR) is 105 cm³/mol. The molecule has 0 aliphatic heterocycles. The van der Waals surface area contributed by atoms with Crippen molar-refractivity contribution in [1.82, 2.24) is 10.9 Å². The van der Waals surface area contributed by atoms with Crippen molar-refractivity contribution in [2.75, 3.05) is 19.5 Å². The van der Waals surface area contributed by atoms with Gasteiger partial charge in [-0.3, -0.25) is 4.79 Å². The van der Waals surface area contributed by atoms with E-state index in [1.54, 1.807) is 62.8 Å². The molecule has 2 rings (SSSR count). The van der Waals surface area contributed by atoms with Crippen LogP contribution in [0.15, 0.2) is 60.8 Å². The van der Waals surface area contributed by atoms with Gasteiger partial charge < -0.3 is 25.0 Å². The van der Waals surface area contributed by atoms with E-state index in [0.29, 0.717) is 17.1 Å². The highest BCUT2D eigenvalue weighted by atomic mass is 16.6. The molecule has 0 radical (unpaired) electrons. The lowest BCUT2D eigenvalue weighted by atomic mass is 10.2. The molecule has 0 aliphatic carbocycles. The van der Waals surface area contributed by atoms with Crippen LogP contribution in [0, 0.1) is 0 Å². The van der Waals surface area contributed by atoms with Crippen LogP contribution in [0.1, 0.15) is 12.0 Å². The zero-order valence-corrected chi connectivity index (χ0v) is 15.8. The van der Waals surface area contributed by atoms with Crippen molar-refractivity contribution in [3.63, 3.8) is 0 Å². The van der Waals surface area contributed by atoms with Gasteiger partial charge in [-0.1, -0.05) is 24.8 Å². The zero-order chi connectivity index (χ0) is 20.4. The molecule has 0 fully saturated rings. The Balaban J connectivity index is 1.68. The second kappa shape index (κ2) is 10.5. The first-order valence-corrected chi connectivity index (χ1v) is 8.43. The molecule has 0 aliphatic rings. The summed E-state index contributed by atoms with van der Waals surface area (Å²) in [5.74, 6) is 1.06. The Morgan fingerprint density at radius 1 is 0.964 bits per heavy atom. The lowest BCUT2D eigenvalue weighted by Crippen LogP contribution is -2.37. The van der Waals surface area contributed by atoms with Gasteiger partial charge in [0.2, 0.25) is 5.91 Å². The maximum Gasteiger partial charge on any atom is 0.426 e. The normalized spacial score (nSPS) is 9.79. The molecule has 8 heteroatoms. The number of benzene rings is 2. The number of hydrogen-bond acceptors (Lipinski definition) is 6. The second-order valence-corrected chi connectivity index (χ2v) is 5.73. The van der Waals surface area contributed by atoms with E-state index in [9.17, 15) is 9.59 Å². The highest BCUT2D eigenvalue weighted by Gasteiger charge is 2.08. The highest BCUT2D eigenvalue weighted by molar-refractivity contribution is 5.92. The summed E-state index contributed by atoms with van der Waals surface area (Å²) in [5, 5.41) is 2.72. The summed E-state index contributed by atoms with van der Waals surface area (Å²) < 4.78 is 15.2. The van der Waals surface area contributed by atoms with Gasteiger partial charge in [0, 0.05) is 17.5 Å². The molecule has 0 aromatic heterocycles. The average molecular weight is 385 g/mol. The summed E-state index contributed by atoms with van der Waals surface area (Å²) in [6, 6.07) is 14.1. The van der Waals surface area contributed by atoms with Crippen LogP contribution in [-0.4, -0.2) is 26.2 Å². The van der Waals surface area contributed by atoms with Crippen LogP contribution >= 0.6 is 0 Å². The van der Waals surface area contributed by atoms with E-state index in [2.05, 4.69) is 22.7 Å². The van der Waals surface area contributed by atoms with E-state index < -0.39 is 6.09 Å². The van der Waals surface area contributed by atoms with Crippen LogP contribution in [0.25, 0.3) is 0 Å². The van der Waals surface area contributed by atoms with Gasteiger partial charge in [-0.25, -0.2) is 10.2 Å². The first-order valence-electron chi connectivity index (χ1n) is 8.43. The molecular weight excluding hydrogens is 362 g/mol. The SMILES string of the molecule is C=C(CC(=O)Nc1cccc(OC)c1)NNC(=O)OCc1ccc(OC)cc1. The Labute approximate surface area is 163 Å². The number of nitrogens with one attached hydrogen (secondary N) is 3. The van der Waals surface area contributed by atoms with Crippen molar-refractivity contribution < 1.29 is 23.8 Å². The Bertz CT molecular complexity index is 821. The van der Waals surface area contributed by atoms with Crippen LogP contribution in [0.4, 0.5) is 10.5 Å². The van der Waals surface area contributed by atoms with Crippen molar-refractivity contribution >= 4 is 17.7 Å². The molecule has 28 heavy (non-hydrogen) atoms. The van der Waals surface area contributed by atoms with Gasteiger partial charge in [0.15, 0.2) is 0 Å². The molecule has 148 valence electrons. The monoisotopic (exact) mass is 385 g/mol. The molecule has 2 aromatic carbocycles. The largest absolute Gasteiger partial charge is 0.497 e. The maximum absolute atomic E-state index is 12.0. The standard InChI is InChI=1S/C20H23N3O5/c1-14(11-19(24)21-16-5-4-6-18(12-16)27-3)22-23-20(25)28-13-15-7-9-17(26-2)10-8-15/h4-10,12,22H,1,11,13H2,2-3H3,(H,21,24)(H,23,25). The van der Waals surface area contributed by atoms with E-state index in [1.807, 2.05) is 0 Å². The fourth-order valence-electron chi connectivity index (χ4n) is 2.19. The predicted octanol–water partition coefficient (Wildman–Crippen LogP) is 2.98. The highest BCUT2D eigenvalue weighted by Crippen LogP contribution is 2.17. The van der Waals surface area contributed by atoms with Crippen LogP contribution in [-0.2, 0) is 16.1 Å². The van der Waals surface area contributed by atoms with E-state index in [-0.39, 0.29) is 18.9 Å². The fourth-order valence-corrected chi connectivity index (χ4v) is 2.19. The molecule has 0 saturated carbocycles. The molecule has 2 amide bonds. The van der Waals surface area contributed by atoms with Gasteiger partial charge in [-0.15, -0.1) is 0 Å². The minimum absolute atomic E-state index is 0.0318. The fraction of sp³-hybridized carbons (Fsp3) is 0.200. The van der Waals surface area contributed by atoms with Gasteiger partial charge in [0.1, 0.15) is 18.1 Å².